The molecule has 5 heteroatoms. The van der Waals surface area contributed by atoms with E-state index in [9.17, 15) is 5.11 Å². The highest BCUT2D eigenvalue weighted by atomic mass is 16.5. The van der Waals surface area contributed by atoms with E-state index in [0.717, 1.165) is 38.4 Å². The predicted molar refractivity (Wildman–Crippen MR) is 100.0 cm³/mol. The van der Waals surface area contributed by atoms with E-state index in [1.807, 2.05) is 19.1 Å². The molecular formula is C20H30N2O3. The lowest BCUT2D eigenvalue weighted by atomic mass is 10.2. The van der Waals surface area contributed by atoms with Gasteiger partial charge in [-0.25, -0.2) is 0 Å². The van der Waals surface area contributed by atoms with Crippen molar-refractivity contribution in [1.82, 2.24) is 9.47 Å². The van der Waals surface area contributed by atoms with Crippen LogP contribution in [0.15, 0.2) is 42.6 Å². The molecular weight excluding hydrogens is 316 g/mol. The molecule has 5 nitrogen and oxygen atoms in total. The molecule has 0 spiro atoms. The third-order valence-electron chi connectivity index (χ3n) is 4.14. The lowest BCUT2D eigenvalue weighted by Crippen LogP contribution is -2.32. The lowest BCUT2D eigenvalue weighted by molar-refractivity contribution is 0.109. The Kier molecular flexibility index (Phi) is 7.98. The van der Waals surface area contributed by atoms with E-state index in [0.29, 0.717) is 6.54 Å². The normalized spacial score (nSPS) is 12.5. The van der Waals surface area contributed by atoms with Gasteiger partial charge in [-0.15, -0.1) is 0 Å². The van der Waals surface area contributed by atoms with E-state index in [-0.39, 0.29) is 6.10 Å². The third-order valence-corrected chi connectivity index (χ3v) is 4.14. The van der Waals surface area contributed by atoms with Crippen molar-refractivity contribution >= 4 is 0 Å². The van der Waals surface area contributed by atoms with E-state index >= 15 is 0 Å². The largest absolute Gasteiger partial charge is 0.497 e. The molecule has 0 aliphatic rings. The quantitative estimate of drug-likeness (QED) is 0.636. The van der Waals surface area contributed by atoms with Gasteiger partial charge in [0.05, 0.1) is 13.2 Å². The average Bonchev–Trinajstić information content (AvgIpc) is 3.01. The van der Waals surface area contributed by atoms with Gasteiger partial charge in [0.1, 0.15) is 5.75 Å². The summed E-state index contributed by atoms with van der Waals surface area (Å²) in [7, 11) is 3.41. The van der Waals surface area contributed by atoms with E-state index in [1.54, 1.807) is 14.2 Å². The summed E-state index contributed by atoms with van der Waals surface area (Å²) in [6.45, 7) is 5.75. The molecule has 0 fully saturated rings. The maximum atomic E-state index is 9.78. The van der Waals surface area contributed by atoms with Gasteiger partial charge in [0.25, 0.3) is 0 Å². The molecule has 0 saturated heterocycles. The summed E-state index contributed by atoms with van der Waals surface area (Å²) in [5.74, 6) is 0.876. The Hall–Kier alpha value is -1.82. The van der Waals surface area contributed by atoms with Crippen molar-refractivity contribution in [3.05, 3.63) is 53.9 Å². The summed E-state index contributed by atoms with van der Waals surface area (Å²) >= 11 is 0. The van der Waals surface area contributed by atoms with Crippen LogP contribution < -0.4 is 4.74 Å². The van der Waals surface area contributed by atoms with Crippen LogP contribution in [0.2, 0.25) is 0 Å². The summed E-state index contributed by atoms with van der Waals surface area (Å²) < 4.78 is 12.7. The second-order valence-corrected chi connectivity index (χ2v) is 6.41. The summed E-state index contributed by atoms with van der Waals surface area (Å²) in [6, 6.07) is 12.4. The molecule has 138 valence electrons. The fraction of sp³-hybridized carbons (Fsp3) is 0.500. The van der Waals surface area contributed by atoms with E-state index in [1.165, 1.54) is 11.3 Å². The van der Waals surface area contributed by atoms with Crippen LogP contribution >= 0.6 is 0 Å². The topological polar surface area (TPSA) is 46.9 Å². The minimum atomic E-state index is -0.343. The van der Waals surface area contributed by atoms with Crippen molar-refractivity contribution in [2.24, 2.45) is 0 Å². The lowest BCUT2D eigenvalue weighted by Gasteiger charge is -2.24. The minimum Gasteiger partial charge on any atom is -0.497 e. The highest BCUT2D eigenvalue weighted by Crippen LogP contribution is 2.16. The highest BCUT2D eigenvalue weighted by molar-refractivity contribution is 5.29. The standard InChI is InChI=1S/C20H30N2O3/c1-17(23)14-21(10-6-12-24-2)16-19-8-5-11-22(19)15-18-7-4-9-20(13-18)25-3/h4-5,7-9,11,13,17,23H,6,10,12,14-16H2,1-3H3/t17-/m0/s1. The molecule has 2 rings (SSSR count). The number of rotatable bonds is 11. The maximum absolute atomic E-state index is 9.78. The van der Waals surface area contributed by atoms with Gasteiger partial charge >= 0.3 is 0 Å². The van der Waals surface area contributed by atoms with Crippen molar-refractivity contribution in [3.8, 4) is 5.75 Å². The molecule has 1 aromatic heterocycles. The fourth-order valence-corrected chi connectivity index (χ4v) is 2.98. The third kappa shape index (κ3) is 6.53. The number of methoxy groups -OCH3 is 2. The molecule has 1 heterocycles. The van der Waals surface area contributed by atoms with Gasteiger partial charge in [0, 0.05) is 51.8 Å². The monoisotopic (exact) mass is 346 g/mol. The Morgan fingerprint density at radius 1 is 1.20 bits per heavy atom. The molecule has 0 unspecified atom stereocenters. The van der Waals surface area contributed by atoms with Gasteiger partial charge < -0.3 is 19.1 Å². The van der Waals surface area contributed by atoms with Crippen molar-refractivity contribution in [3.63, 3.8) is 0 Å². The smallest absolute Gasteiger partial charge is 0.119 e. The van der Waals surface area contributed by atoms with Crippen molar-refractivity contribution in [2.75, 3.05) is 33.9 Å². The van der Waals surface area contributed by atoms with Crippen LogP contribution in [-0.2, 0) is 17.8 Å². The molecule has 0 aliphatic carbocycles. The Morgan fingerprint density at radius 2 is 2.04 bits per heavy atom. The Morgan fingerprint density at radius 3 is 2.76 bits per heavy atom. The Labute approximate surface area is 150 Å². The first-order valence-electron chi connectivity index (χ1n) is 8.78. The summed E-state index contributed by atoms with van der Waals surface area (Å²) in [5, 5.41) is 9.78. The minimum absolute atomic E-state index is 0.343. The summed E-state index contributed by atoms with van der Waals surface area (Å²) in [4.78, 5) is 2.28. The molecule has 0 saturated carbocycles. The second kappa shape index (κ2) is 10.2. The van der Waals surface area contributed by atoms with Gasteiger partial charge in [-0.2, -0.15) is 0 Å². The van der Waals surface area contributed by atoms with Crippen molar-refractivity contribution in [1.29, 1.82) is 0 Å². The predicted octanol–water partition coefficient (Wildman–Crippen LogP) is 2.76. The van der Waals surface area contributed by atoms with Gasteiger partial charge in [-0.05, 0) is 43.2 Å². The molecule has 25 heavy (non-hydrogen) atoms. The highest BCUT2D eigenvalue weighted by Gasteiger charge is 2.12. The van der Waals surface area contributed by atoms with Gasteiger partial charge in [0.2, 0.25) is 0 Å². The average molecular weight is 346 g/mol. The summed E-state index contributed by atoms with van der Waals surface area (Å²) in [6.07, 6.45) is 2.72. The first kappa shape index (κ1) is 19.5. The number of ether oxygens (including phenoxy) is 2. The Balaban J connectivity index is 2.04. The number of benzene rings is 1. The van der Waals surface area contributed by atoms with E-state index < -0.39 is 0 Å². The fourth-order valence-electron chi connectivity index (χ4n) is 2.98. The van der Waals surface area contributed by atoms with Gasteiger partial charge in [-0.3, -0.25) is 4.90 Å². The van der Waals surface area contributed by atoms with Crippen LogP contribution in [-0.4, -0.2) is 54.6 Å². The molecule has 0 bridgehead atoms. The molecule has 0 amide bonds. The van der Waals surface area contributed by atoms with Crippen LogP contribution in [0.5, 0.6) is 5.75 Å². The maximum Gasteiger partial charge on any atom is 0.119 e. The van der Waals surface area contributed by atoms with E-state index in [2.05, 4.69) is 39.9 Å². The van der Waals surface area contributed by atoms with Crippen LogP contribution in [0.25, 0.3) is 0 Å². The number of aromatic nitrogens is 1. The number of aliphatic hydroxyl groups is 1. The first-order chi connectivity index (χ1) is 12.1. The zero-order valence-corrected chi connectivity index (χ0v) is 15.5. The van der Waals surface area contributed by atoms with Gasteiger partial charge in [-0.1, -0.05) is 12.1 Å². The molecule has 0 aliphatic heterocycles. The van der Waals surface area contributed by atoms with Crippen molar-refractivity contribution in [2.45, 2.75) is 32.5 Å². The van der Waals surface area contributed by atoms with Crippen LogP contribution in [0.3, 0.4) is 0 Å². The number of hydrogen-bond acceptors (Lipinski definition) is 4. The van der Waals surface area contributed by atoms with E-state index in [4.69, 9.17) is 9.47 Å². The van der Waals surface area contributed by atoms with Crippen LogP contribution in [0, 0.1) is 0 Å². The Bertz CT molecular complexity index is 625. The zero-order valence-electron chi connectivity index (χ0n) is 15.5. The summed E-state index contributed by atoms with van der Waals surface area (Å²) in [5.41, 5.74) is 2.44. The number of nitrogens with zero attached hydrogens (tertiary/aromatic N) is 2. The molecule has 2 aromatic rings. The second-order valence-electron chi connectivity index (χ2n) is 6.41. The van der Waals surface area contributed by atoms with Crippen LogP contribution in [0.4, 0.5) is 0 Å². The zero-order chi connectivity index (χ0) is 18.1. The number of aliphatic hydroxyl groups excluding tert-OH is 1. The first-order valence-corrected chi connectivity index (χ1v) is 8.78. The molecule has 1 N–H and O–H groups in total. The van der Waals surface area contributed by atoms with Gasteiger partial charge in [0.15, 0.2) is 0 Å². The molecule has 0 radical (unpaired) electrons. The van der Waals surface area contributed by atoms with Crippen molar-refractivity contribution < 1.29 is 14.6 Å². The molecule has 1 aromatic carbocycles. The molecule has 1 atom stereocenters. The van der Waals surface area contributed by atoms with Crippen LogP contribution in [0.1, 0.15) is 24.6 Å². The number of hydrogen-bond donors (Lipinski definition) is 1. The SMILES string of the molecule is COCCCN(Cc1cccn1Cc1cccc(OC)c1)C[C@H](C)O.